The predicted molar refractivity (Wildman–Crippen MR) is 98.7 cm³/mol. The lowest BCUT2D eigenvalue weighted by Gasteiger charge is -2.39. The molecule has 1 aliphatic rings. The molecule has 0 fully saturated rings. The summed E-state index contributed by atoms with van der Waals surface area (Å²) in [7, 11) is 0. The topological polar surface area (TPSA) is 79.9 Å². The molecule has 26 heavy (non-hydrogen) atoms. The molecule has 0 radical (unpaired) electrons. The number of rotatable bonds is 4. The molecule has 0 saturated carbocycles. The van der Waals surface area contributed by atoms with Crippen molar-refractivity contribution in [2.24, 2.45) is 0 Å². The van der Waals surface area contributed by atoms with E-state index in [1.54, 1.807) is 0 Å². The van der Waals surface area contributed by atoms with Gasteiger partial charge in [0.15, 0.2) is 0 Å². The standard InChI is InChI=1S/C21H26O5/c1-11-5-6-15-12(2)20(25-18(7-8-22)16(15)9-11)14(4)19-10-17(23)13(3)21(24)26-19/h5-6,9-10,12,14,18,20,22-23H,7-8H2,1-4H3/t12-,14-,18-,20-/m0/s1. The predicted octanol–water partition coefficient (Wildman–Crippen LogP) is 3.69. The van der Waals surface area contributed by atoms with E-state index in [1.165, 1.54) is 18.6 Å². The highest BCUT2D eigenvalue weighted by atomic mass is 16.5. The lowest BCUT2D eigenvalue weighted by atomic mass is 9.79. The summed E-state index contributed by atoms with van der Waals surface area (Å²) >= 11 is 0. The van der Waals surface area contributed by atoms with Gasteiger partial charge in [0, 0.05) is 30.9 Å². The molecular weight excluding hydrogens is 332 g/mol. The Hall–Kier alpha value is -2.11. The Kier molecular flexibility index (Phi) is 5.21. The van der Waals surface area contributed by atoms with E-state index in [0.29, 0.717) is 12.2 Å². The van der Waals surface area contributed by atoms with Gasteiger partial charge in [-0.25, -0.2) is 4.79 Å². The highest BCUT2D eigenvalue weighted by Crippen LogP contribution is 2.44. The fourth-order valence-electron chi connectivity index (χ4n) is 3.78. The van der Waals surface area contributed by atoms with Gasteiger partial charge < -0.3 is 19.4 Å². The Labute approximate surface area is 153 Å². The summed E-state index contributed by atoms with van der Waals surface area (Å²) in [5, 5.41) is 19.4. The molecule has 2 N–H and O–H groups in total. The zero-order chi connectivity index (χ0) is 19.0. The van der Waals surface area contributed by atoms with Gasteiger partial charge in [0.25, 0.3) is 0 Å². The van der Waals surface area contributed by atoms with Crippen LogP contribution in [0.15, 0.2) is 33.5 Å². The van der Waals surface area contributed by atoms with Gasteiger partial charge >= 0.3 is 5.63 Å². The fraction of sp³-hybridized carbons (Fsp3) is 0.476. The van der Waals surface area contributed by atoms with Crippen LogP contribution in [-0.2, 0) is 4.74 Å². The molecule has 0 aliphatic carbocycles. The van der Waals surface area contributed by atoms with Crippen molar-refractivity contribution in [1.29, 1.82) is 0 Å². The van der Waals surface area contributed by atoms with Gasteiger partial charge in [0.05, 0.1) is 17.8 Å². The minimum Gasteiger partial charge on any atom is -0.507 e. The molecule has 1 aromatic heterocycles. The highest BCUT2D eigenvalue weighted by Gasteiger charge is 2.37. The Balaban J connectivity index is 2.00. The zero-order valence-corrected chi connectivity index (χ0v) is 15.7. The summed E-state index contributed by atoms with van der Waals surface area (Å²) in [4.78, 5) is 11.9. The number of ether oxygens (including phenoxy) is 1. The molecule has 1 aromatic carbocycles. The third-order valence-electron chi connectivity index (χ3n) is 5.41. The van der Waals surface area contributed by atoms with E-state index in [2.05, 4.69) is 25.1 Å². The molecular formula is C21H26O5. The third kappa shape index (κ3) is 3.29. The summed E-state index contributed by atoms with van der Waals surface area (Å²) in [6, 6.07) is 7.81. The molecule has 0 bridgehead atoms. The van der Waals surface area contributed by atoms with Crippen LogP contribution in [0.5, 0.6) is 5.75 Å². The molecule has 3 rings (SSSR count). The largest absolute Gasteiger partial charge is 0.507 e. The van der Waals surface area contributed by atoms with Crippen molar-refractivity contribution < 1.29 is 19.4 Å². The van der Waals surface area contributed by atoms with Crippen molar-refractivity contribution in [3.05, 3.63) is 62.7 Å². The van der Waals surface area contributed by atoms with Crippen LogP contribution in [0.4, 0.5) is 0 Å². The number of aliphatic hydroxyl groups is 1. The van der Waals surface area contributed by atoms with Crippen LogP contribution in [0.2, 0.25) is 0 Å². The van der Waals surface area contributed by atoms with Gasteiger partial charge in [-0.2, -0.15) is 0 Å². The van der Waals surface area contributed by atoms with Gasteiger partial charge in [-0.3, -0.25) is 0 Å². The maximum atomic E-state index is 11.9. The minimum atomic E-state index is -0.529. The van der Waals surface area contributed by atoms with Gasteiger partial charge in [-0.15, -0.1) is 0 Å². The van der Waals surface area contributed by atoms with Crippen LogP contribution in [-0.4, -0.2) is 22.9 Å². The van der Waals surface area contributed by atoms with Crippen molar-refractivity contribution in [2.75, 3.05) is 6.61 Å². The average Bonchev–Trinajstić information content (AvgIpc) is 2.61. The monoisotopic (exact) mass is 358 g/mol. The van der Waals surface area contributed by atoms with Gasteiger partial charge in [0.1, 0.15) is 11.5 Å². The zero-order valence-electron chi connectivity index (χ0n) is 15.7. The number of fused-ring (bicyclic) bond motifs is 1. The molecule has 0 spiro atoms. The molecule has 0 saturated heterocycles. The lowest BCUT2D eigenvalue weighted by molar-refractivity contribution is -0.0621. The van der Waals surface area contributed by atoms with E-state index in [4.69, 9.17) is 9.15 Å². The van der Waals surface area contributed by atoms with Crippen LogP contribution < -0.4 is 5.63 Å². The molecule has 0 amide bonds. The molecule has 2 aromatic rings. The first-order valence-electron chi connectivity index (χ1n) is 9.03. The molecule has 5 heteroatoms. The van der Waals surface area contributed by atoms with E-state index < -0.39 is 5.63 Å². The maximum absolute atomic E-state index is 11.9. The van der Waals surface area contributed by atoms with Crippen molar-refractivity contribution in [3.8, 4) is 5.75 Å². The highest BCUT2D eigenvalue weighted by molar-refractivity contribution is 5.39. The lowest BCUT2D eigenvalue weighted by Crippen LogP contribution is -2.34. The minimum absolute atomic E-state index is 0.0356. The van der Waals surface area contributed by atoms with E-state index >= 15 is 0 Å². The van der Waals surface area contributed by atoms with E-state index in [9.17, 15) is 15.0 Å². The summed E-state index contributed by atoms with van der Waals surface area (Å²) in [5.41, 5.74) is 3.14. The second kappa shape index (κ2) is 7.25. The maximum Gasteiger partial charge on any atom is 0.342 e. The number of hydrogen-bond donors (Lipinski definition) is 2. The quantitative estimate of drug-likeness (QED) is 0.871. The molecule has 0 unspecified atom stereocenters. The number of hydrogen-bond acceptors (Lipinski definition) is 5. The second-order valence-electron chi connectivity index (χ2n) is 7.26. The Morgan fingerprint density at radius 3 is 2.58 bits per heavy atom. The number of benzene rings is 1. The second-order valence-corrected chi connectivity index (χ2v) is 7.26. The SMILES string of the molecule is Cc1ccc2c(c1)[C@H](CCO)O[C@H]([C@@H](C)c1cc(O)c(C)c(=O)o1)[C@H]2C. The summed E-state index contributed by atoms with van der Waals surface area (Å²) < 4.78 is 11.8. The van der Waals surface area contributed by atoms with Crippen LogP contribution in [0.25, 0.3) is 0 Å². The van der Waals surface area contributed by atoms with Gasteiger partial charge in [0.2, 0.25) is 0 Å². The summed E-state index contributed by atoms with van der Waals surface area (Å²) in [6.45, 7) is 7.64. The van der Waals surface area contributed by atoms with Crippen LogP contribution in [0.1, 0.15) is 66.2 Å². The van der Waals surface area contributed by atoms with E-state index in [0.717, 1.165) is 11.1 Å². The Bertz CT molecular complexity index is 854. The number of aromatic hydroxyl groups is 1. The summed E-state index contributed by atoms with van der Waals surface area (Å²) in [5.74, 6) is 0.215. The van der Waals surface area contributed by atoms with Gasteiger partial charge in [-0.1, -0.05) is 37.6 Å². The molecule has 1 aliphatic heterocycles. The van der Waals surface area contributed by atoms with Gasteiger partial charge in [-0.05, 0) is 25.0 Å². The van der Waals surface area contributed by atoms with E-state index in [-0.39, 0.29) is 42.0 Å². The first kappa shape index (κ1) is 18.7. The Morgan fingerprint density at radius 2 is 1.92 bits per heavy atom. The molecule has 140 valence electrons. The van der Waals surface area contributed by atoms with Crippen molar-refractivity contribution in [1.82, 2.24) is 0 Å². The summed E-state index contributed by atoms with van der Waals surface area (Å²) in [6.07, 6.45) is 0.0755. The van der Waals surface area contributed by atoms with Crippen molar-refractivity contribution in [3.63, 3.8) is 0 Å². The number of aliphatic hydroxyl groups excluding tert-OH is 1. The van der Waals surface area contributed by atoms with Crippen molar-refractivity contribution >= 4 is 0 Å². The Morgan fingerprint density at radius 1 is 1.19 bits per heavy atom. The first-order chi connectivity index (χ1) is 12.3. The smallest absolute Gasteiger partial charge is 0.342 e. The van der Waals surface area contributed by atoms with Crippen molar-refractivity contribution in [2.45, 2.75) is 58.2 Å². The fourth-order valence-corrected chi connectivity index (χ4v) is 3.78. The van der Waals surface area contributed by atoms with Crippen LogP contribution >= 0.6 is 0 Å². The molecule has 5 nitrogen and oxygen atoms in total. The first-order valence-corrected chi connectivity index (χ1v) is 9.03. The average molecular weight is 358 g/mol. The number of aryl methyl sites for hydroxylation is 1. The third-order valence-corrected chi connectivity index (χ3v) is 5.41. The van der Waals surface area contributed by atoms with Crippen LogP contribution in [0.3, 0.4) is 0 Å². The van der Waals surface area contributed by atoms with Crippen LogP contribution in [0, 0.1) is 13.8 Å². The van der Waals surface area contributed by atoms with E-state index in [1.807, 2.05) is 13.8 Å². The normalized spacial score (nSPS) is 23.5. The molecule has 2 heterocycles. The molecule has 4 atom stereocenters.